The molecule has 1 aromatic rings. The maximum atomic E-state index is 12.9. The van der Waals surface area contributed by atoms with Gasteiger partial charge < -0.3 is 16.4 Å². The van der Waals surface area contributed by atoms with E-state index in [1.54, 1.807) is 19.9 Å². The molecule has 4 N–H and O–H groups in total. The third-order valence-electron chi connectivity index (χ3n) is 4.72. The predicted molar refractivity (Wildman–Crippen MR) is 91.2 cm³/mol. The summed E-state index contributed by atoms with van der Waals surface area (Å²) in [6.45, 7) is 3.63. The van der Waals surface area contributed by atoms with Crippen LogP contribution in [0.1, 0.15) is 37.8 Å². The van der Waals surface area contributed by atoms with E-state index in [-0.39, 0.29) is 19.0 Å². The van der Waals surface area contributed by atoms with Crippen LogP contribution in [-0.2, 0) is 21.2 Å². The van der Waals surface area contributed by atoms with Gasteiger partial charge in [0.15, 0.2) is 0 Å². The van der Waals surface area contributed by atoms with Gasteiger partial charge in [0.25, 0.3) is 0 Å². The number of alkyl halides is 3. The highest BCUT2D eigenvalue weighted by Gasteiger charge is 2.45. The number of rotatable bonds is 7. The van der Waals surface area contributed by atoms with Crippen molar-refractivity contribution < 1.29 is 22.8 Å². The average molecular weight is 371 g/mol. The Hall–Kier alpha value is -2.09. The number of nitrogens with two attached hydrogens (primary N) is 1. The van der Waals surface area contributed by atoms with Crippen molar-refractivity contribution in [3.8, 4) is 0 Å². The van der Waals surface area contributed by atoms with Gasteiger partial charge in [-0.25, -0.2) is 0 Å². The Morgan fingerprint density at radius 3 is 2.42 bits per heavy atom. The molecule has 0 heterocycles. The van der Waals surface area contributed by atoms with E-state index in [9.17, 15) is 22.8 Å². The maximum absolute atomic E-state index is 12.9. The van der Waals surface area contributed by atoms with Gasteiger partial charge >= 0.3 is 6.18 Å². The highest BCUT2D eigenvalue weighted by atomic mass is 19.4. The fourth-order valence-electron chi connectivity index (χ4n) is 2.66. The molecule has 1 aliphatic rings. The van der Waals surface area contributed by atoms with Crippen LogP contribution in [0.5, 0.6) is 0 Å². The molecular formula is C18H24F3N3O2. The molecule has 0 aromatic heterocycles. The van der Waals surface area contributed by atoms with Crippen LogP contribution in [-0.4, -0.2) is 30.9 Å². The van der Waals surface area contributed by atoms with E-state index < -0.39 is 35.0 Å². The zero-order valence-corrected chi connectivity index (χ0v) is 14.8. The van der Waals surface area contributed by atoms with Crippen LogP contribution in [0.15, 0.2) is 24.3 Å². The zero-order valence-electron chi connectivity index (χ0n) is 14.8. The number of hydrogen-bond acceptors (Lipinski definition) is 3. The molecule has 0 unspecified atom stereocenters. The Morgan fingerprint density at radius 2 is 1.88 bits per heavy atom. The molecule has 144 valence electrons. The average Bonchev–Trinajstić information content (AvgIpc) is 3.37. The number of halogens is 3. The second-order valence-electron chi connectivity index (χ2n) is 7.12. The summed E-state index contributed by atoms with van der Waals surface area (Å²) >= 11 is 0. The molecule has 8 heteroatoms. The molecule has 0 saturated heterocycles. The summed E-state index contributed by atoms with van der Waals surface area (Å²) in [5, 5.41) is 5.15. The van der Waals surface area contributed by atoms with Gasteiger partial charge in [-0.3, -0.25) is 9.59 Å². The fraction of sp³-hybridized carbons (Fsp3) is 0.556. The van der Waals surface area contributed by atoms with Gasteiger partial charge in [-0.05, 0) is 30.4 Å². The van der Waals surface area contributed by atoms with E-state index >= 15 is 0 Å². The molecule has 5 nitrogen and oxygen atoms in total. The summed E-state index contributed by atoms with van der Waals surface area (Å²) < 4.78 is 38.6. The molecule has 26 heavy (non-hydrogen) atoms. The van der Waals surface area contributed by atoms with Gasteiger partial charge in [-0.2, -0.15) is 13.2 Å². The van der Waals surface area contributed by atoms with E-state index in [4.69, 9.17) is 5.73 Å². The molecule has 0 spiro atoms. The maximum Gasteiger partial charge on any atom is 0.416 e. The molecule has 1 saturated carbocycles. The molecule has 1 aliphatic carbocycles. The summed E-state index contributed by atoms with van der Waals surface area (Å²) in [4.78, 5) is 23.7. The largest absolute Gasteiger partial charge is 0.416 e. The first kappa shape index (κ1) is 20.2. The number of amides is 2. The lowest BCUT2D eigenvalue weighted by Gasteiger charge is -2.19. The molecule has 0 aliphatic heterocycles. The van der Waals surface area contributed by atoms with E-state index in [1.165, 1.54) is 6.07 Å². The van der Waals surface area contributed by atoms with Gasteiger partial charge in [0.1, 0.15) is 0 Å². The lowest BCUT2D eigenvalue weighted by molar-refractivity contribution is -0.137. The number of nitrogens with one attached hydrogen (secondary N) is 2. The van der Waals surface area contributed by atoms with Crippen LogP contribution in [0, 0.1) is 5.92 Å². The highest BCUT2D eigenvalue weighted by Crippen LogP contribution is 2.48. The monoisotopic (exact) mass is 371 g/mol. The lowest BCUT2D eigenvalue weighted by atomic mass is 9.94. The van der Waals surface area contributed by atoms with Crippen LogP contribution < -0.4 is 16.4 Å². The Morgan fingerprint density at radius 1 is 1.23 bits per heavy atom. The molecule has 1 aromatic carbocycles. The topological polar surface area (TPSA) is 84.2 Å². The Bertz CT molecular complexity index is 670. The number of carbonyl (C=O) groups excluding carboxylic acids is 2. The van der Waals surface area contributed by atoms with Crippen molar-refractivity contribution in [1.82, 2.24) is 10.6 Å². The van der Waals surface area contributed by atoms with Crippen LogP contribution in [0.4, 0.5) is 13.2 Å². The summed E-state index contributed by atoms with van der Waals surface area (Å²) in [7, 11) is 0. The van der Waals surface area contributed by atoms with Gasteiger partial charge in [-0.15, -0.1) is 0 Å². The van der Waals surface area contributed by atoms with E-state index in [2.05, 4.69) is 10.6 Å². The van der Waals surface area contributed by atoms with Crippen LogP contribution in [0.2, 0.25) is 0 Å². The predicted octanol–water partition coefficient (Wildman–Crippen LogP) is 1.95. The van der Waals surface area contributed by atoms with Crippen molar-refractivity contribution in [2.45, 2.75) is 44.3 Å². The van der Waals surface area contributed by atoms with Crippen molar-refractivity contribution >= 4 is 11.8 Å². The third kappa shape index (κ3) is 4.97. The minimum absolute atomic E-state index is 0.0475. The molecule has 2 amide bonds. The van der Waals surface area contributed by atoms with E-state index in [0.29, 0.717) is 18.4 Å². The fourth-order valence-corrected chi connectivity index (χ4v) is 2.66. The summed E-state index contributed by atoms with van der Waals surface area (Å²) in [6.07, 6.45) is -2.98. The summed E-state index contributed by atoms with van der Waals surface area (Å²) in [5.41, 5.74) is 5.10. The zero-order chi connectivity index (χ0) is 19.5. The van der Waals surface area contributed by atoms with Crippen molar-refractivity contribution in [2.24, 2.45) is 11.7 Å². The molecule has 2 rings (SSSR count). The Kier molecular flexibility index (Phi) is 5.95. The Balaban J connectivity index is 1.89. The van der Waals surface area contributed by atoms with Crippen LogP contribution in [0.25, 0.3) is 0 Å². The second-order valence-corrected chi connectivity index (χ2v) is 7.12. The van der Waals surface area contributed by atoms with Gasteiger partial charge in [0.2, 0.25) is 11.8 Å². The molecule has 1 atom stereocenters. The molecule has 0 radical (unpaired) electrons. The van der Waals surface area contributed by atoms with Gasteiger partial charge in [0.05, 0.1) is 18.2 Å². The minimum Gasteiger partial charge on any atom is -0.354 e. The Labute approximate surface area is 150 Å². The summed E-state index contributed by atoms with van der Waals surface area (Å²) in [6, 6.07) is 4.52. The first-order valence-electron chi connectivity index (χ1n) is 8.53. The van der Waals surface area contributed by atoms with Crippen LogP contribution >= 0.6 is 0 Å². The van der Waals surface area contributed by atoms with Crippen molar-refractivity contribution in [3.05, 3.63) is 35.4 Å². The molecular weight excluding hydrogens is 347 g/mol. The third-order valence-corrected chi connectivity index (χ3v) is 4.72. The second kappa shape index (κ2) is 7.65. The standard InChI is InChI=1S/C18H24F3N3O2/c1-11(2)15(22)16(26)23-9-14(25)24-10-17(6-7-17)12-4-3-5-13(8-12)18(19,20)21/h3-5,8,11,15H,6-7,9-10,22H2,1-2H3,(H,23,26)(H,24,25)/t15-/m0/s1. The number of hydrogen-bond donors (Lipinski definition) is 3. The van der Waals surface area contributed by atoms with Crippen molar-refractivity contribution in [3.63, 3.8) is 0 Å². The van der Waals surface area contributed by atoms with Crippen molar-refractivity contribution in [2.75, 3.05) is 13.1 Å². The quantitative estimate of drug-likeness (QED) is 0.685. The number of carbonyl (C=O) groups is 2. The SMILES string of the molecule is CC(C)[C@H](N)C(=O)NCC(=O)NCC1(c2cccc(C(F)(F)F)c2)CC1. The smallest absolute Gasteiger partial charge is 0.354 e. The molecule has 1 fully saturated rings. The van der Waals surface area contributed by atoms with Crippen LogP contribution in [0.3, 0.4) is 0 Å². The highest BCUT2D eigenvalue weighted by molar-refractivity contribution is 5.87. The lowest BCUT2D eigenvalue weighted by Crippen LogP contribution is -2.47. The van der Waals surface area contributed by atoms with Gasteiger partial charge in [-0.1, -0.05) is 32.0 Å². The normalized spacial score (nSPS) is 16.9. The van der Waals surface area contributed by atoms with Gasteiger partial charge in [0, 0.05) is 12.0 Å². The first-order valence-corrected chi connectivity index (χ1v) is 8.53. The van der Waals surface area contributed by atoms with E-state index in [0.717, 1.165) is 12.1 Å². The minimum atomic E-state index is -4.39. The number of benzene rings is 1. The first-order chi connectivity index (χ1) is 12.0. The van der Waals surface area contributed by atoms with E-state index in [1.807, 2.05) is 0 Å². The summed E-state index contributed by atoms with van der Waals surface area (Å²) in [5.74, 6) is -0.851. The molecule has 0 bridgehead atoms. The van der Waals surface area contributed by atoms with Crippen molar-refractivity contribution in [1.29, 1.82) is 0 Å².